The molecule has 5 nitrogen and oxygen atoms in total. The van der Waals surface area contributed by atoms with E-state index < -0.39 is 0 Å². The number of aryl methyl sites for hydroxylation is 1. The normalized spacial score (nSPS) is 9.42. The third kappa shape index (κ3) is 1.91. The Balaban J connectivity index is 2.48. The number of amides is 1. The Hall–Kier alpha value is -1.65. The molecule has 0 bridgehead atoms. The number of aromatic nitrogens is 3. The fourth-order valence-electron chi connectivity index (χ4n) is 0.706. The first-order valence-electron chi connectivity index (χ1n) is 3.47. The zero-order chi connectivity index (χ0) is 8.97. The highest BCUT2D eigenvalue weighted by Gasteiger charge is 2.00. The van der Waals surface area contributed by atoms with Crippen molar-refractivity contribution in [3.05, 3.63) is 24.8 Å². The monoisotopic (exact) mass is 166 g/mol. The maximum absolute atomic E-state index is 10.7. The van der Waals surface area contributed by atoms with E-state index in [1.54, 1.807) is 10.9 Å². The Morgan fingerprint density at radius 1 is 1.92 bits per heavy atom. The van der Waals surface area contributed by atoms with Crippen molar-refractivity contribution in [3.63, 3.8) is 0 Å². The molecular formula is C7H10N4O. The van der Waals surface area contributed by atoms with Crippen LogP contribution in [-0.4, -0.2) is 20.7 Å². The van der Waals surface area contributed by atoms with E-state index in [4.69, 9.17) is 0 Å². The van der Waals surface area contributed by atoms with Gasteiger partial charge in [0.2, 0.25) is 5.91 Å². The van der Waals surface area contributed by atoms with E-state index in [2.05, 4.69) is 22.1 Å². The van der Waals surface area contributed by atoms with Crippen molar-refractivity contribution in [1.82, 2.24) is 20.1 Å². The van der Waals surface area contributed by atoms with Gasteiger partial charge < -0.3 is 9.88 Å². The predicted octanol–water partition coefficient (Wildman–Crippen LogP) is -0.383. The van der Waals surface area contributed by atoms with E-state index in [9.17, 15) is 4.79 Å². The van der Waals surface area contributed by atoms with Gasteiger partial charge in [0.25, 0.3) is 0 Å². The second-order valence-corrected chi connectivity index (χ2v) is 2.28. The van der Waals surface area contributed by atoms with Gasteiger partial charge in [-0.1, -0.05) is 6.58 Å². The minimum atomic E-state index is -0.210. The molecule has 0 aliphatic heterocycles. The van der Waals surface area contributed by atoms with Crippen molar-refractivity contribution in [2.24, 2.45) is 7.05 Å². The molecule has 0 aliphatic rings. The van der Waals surface area contributed by atoms with E-state index in [0.29, 0.717) is 12.4 Å². The number of nitrogens with one attached hydrogen (secondary N) is 1. The van der Waals surface area contributed by atoms with Crippen LogP contribution < -0.4 is 5.32 Å². The van der Waals surface area contributed by atoms with Gasteiger partial charge >= 0.3 is 0 Å². The van der Waals surface area contributed by atoms with Crippen LogP contribution in [0.4, 0.5) is 0 Å². The van der Waals surface area contributed by atoms with E-state index in [1.807, 2.05) is 7.05 Å². The van der Waals surface area contributed by atoms with Gasteiger partial charge in [-0.05, 0) is 6.08 Å². The summed E-state index contributed by atoms with van der Waals surface area (Å²) < 4.78 is 1.74. The van der Waals surface area contributed by atoms with Gasteiger partial charge in [-0.15, -0.1) is 10.2 Å². The number of hydrogen-bond acceptors (Lipinski definition) is 3. The molecule has 1 amide bonds. The molecule has 1 N–H and O–H groups in total. The lowest BCUT2D eigenvalue weighted by atomic mass is 10.5. The second kappa shape index (κ2) is 3.66. The summed E-state index contributed by atoms with van der Waals surface area (Å²) in [6.07, 6.45) is 2.80. The third-order valence-electron chi connectivity index (χ3n) is 1.41. The molecule has 1 rings (SSSR count). The average Bonchev–Trinajstić information content (AvgIpc) is 2.47. The Labute approximate surface area is 70.1 Å². The molecule has 0 aliphatic carbocycles. The lowest BCUT2D eigenvalue weighted by molar-refractivity contribution is -0.116. The summed E-state index contributed by atoms with van der Waals surface area (Å²) in [6, 6.07) is 0. The van der Waals surface area contributed by atoms with Gasteiger partial charge in [-0.2, -0.15) is 0 Å². The van der Waals surface area contributed by atoms with Crippen LogP contribution in [0.5, 0.6) is 0 Å². The molecule has 0 atom stereocenters. The summed E-state index contributed by atoms with van der Waals surface area (Å²) >= 11 is 0. The second-order valence-electron chi connectivity index (χ2n) is 2.28. The van der Waals surface area contributed by atoms with Crippen LogP contribution in [0.15, 0.2) is 19.0 Å². The van der Waals surface area contributed by atoms with Crippen molar-refractivity contribution in [1.29, 1.82) is 0 Å². The third-order valence-corrected chi connectivity index (χ3v) is 1.41. The fourth-order valence-corrected chi connectivity index (χ4v) is 0.706. The van der Waals surface area contributed by atoms with Crippen molar-refractivity contribution in [2.45, 2.75) is 6.54 Å². The summed E-state index contributed by atoms with van der Waals surface area (Å²) in [5.41, 5.74) is 0. The molecular weight excluding hydrogens is 156 g/mol. The first kappa shape index (κ1) is 8.45. The molecule has 1 aromatic heterocycles. The highest BCUT2D eigenvalue weighted by Crippen LogP contribution is 1.89. The maximum atomic E-state index is 10.7. The van der Waals surface area contributed by atoms with Crippen LogP contribution in [0.3, 0.4) is 0 Å². The number of hydrogen-bond donors (Lipinski definition) is 1. The average molecular weight is 166 g/mol. The van der Waals surface area contributed by atoms with Gasteiger partial charge in [0.05, 0.1) is 6.54 Å². The smallest absolute Gasteiger partial charge is 0.243 e. The zero-order valence-electron chi connectivity index (χ0n) is 6.82. The van der Waals surface area contributed by atoms with Crippen LogP contribution in [0.25, 0.3) is 0 Å². The molecule has 0 unspecified atom stereocenters. The van der Waals surface area contributed by atoms with Gasteiger partial charge in [0, 0.05) is 7.05 Å². The van der Waals surface area contributed by atoms with E-state index in [0.717, 1.165) is 0 Å². The lowest BCUT2D eigenvalue weighted by Gasteiger charge is -1.99. The highest BCUT2D eigenvalue weighted by atomic mass is 16.1. The predicted molar refractivity (Wildman–Crippen MR) is 43.0 cm³/mol. The van der Waals surface area contributed by atoms with Crippen molar-refractivity contribution in [2.75, 3.05) is 0 Å². The zero-order valence-corrected chi connectivity index (χ0v) is 6.82. The maximum Gasteiger partial charge on any atom is 0.243 e. The number of rotatable bonds is 3. The van der Waals surface area contributed by atoms with Gasteiger partial charge in [0.1, 0.15) is 6.33 Å². The first-order valence-corrected chi connectivity index (χ1v) is 3.47. The topological polar surface area (TPSA) is 59.8 Å². The quantitative estimate of drug-likeness (QED) is 0.622. The van der Waals surface area contributed by atoms with Crippen molar-refractivity contribution >= 4 is 5.91 Å². The van der Waals surface area contributed by atoms with Crippen LogP contribution in [-0.2, 0) is 18.4 Å². The first-order chi connectivity index (χ1) is 5.74. The number of carbonyl (C=O) groups excluding carboxylic acids is 1. The molecule has 0 radical (unpaired) electrons. The Morgan fingerprint density at radius 2 is 2.67 bits per heavy atom. The van der Waals surface area contributed by atoms with Gasteiger partial charge in [-0.3, -0.25) is 4.79 Å². The molecule has 0 saturated carbocycles. The van der Waals surface area contributed by atoms with E-state index >= 15 is 0 Å². The van der Waals surface area contributed by atoms with E-state index in [-0.39, 0.29) is 5.91 Å². The highest BCUT2D eigenvalue weighted by molar-refractivity contribution is 5.86. The molecule has 5 heteroatoms. The molecule has 12 heavy (non-hydrogen) atoms. The van der Waals surface area contributed by atoms with Crippen LogP contribution in [0, 0.1) is 0 Å². The SMILES string of the molecule is C=CC(=O)NCc1nncn1C. The molecule has 0 fully saturated rings. The molecule has 0 spiro atoms. The molecule has 0 aromatic carbocycles. The van der Waals surface area contributed by atoms with Crippen LogP contribution >= 0.6 is 0 Å². The summed E-state index contributed by atoms with van der Waals surface area (Å²) in [6.45, 7) is 3.70. The number of nitrogens with zero attached hydrogens (tertiary/aromatic N) is 3. The lowest BCUT2D eigenvalue weighted by Crippen LogP contribution is -2.21. The Kier molecular flexibility index (Phi) is 2.57. The number of carbonyl (C=O) groups is 1. The summed E-state index contributed by atoms with van der Waals surface area (Å²) in [5.74, 6) is 0.503. The van der Waals surface area contributed by atoms with E-state index in [1.165, 1.54) is 6.08 Å². The minimum Gasteiger partial charge on any atom is -0.345 e. The Morgan fingerprint density at radius 3 is 3.17 bits per heavy atom. The fraction of sp³-hybridized carbons (Fsp3) is 0.286. The molecule has 64 valence electrons. The van der Waals surface area contributed by atoms with Crippen molar-refractivity contribution in [3.8, 4) is 0 Å². The van der Waals surface area contributed by atoms with Gasteiger partial charge in [-0.25, -0.2) is 0 Å². The van der Waals surface area contributed by atoms with Crippen molar-refractivity contribution < 1.29 is 4.79 Å². The molecule has 0 saturated heterocycles. The summed E-state index contributed by atoms with van der Waals surface area (Å²) in [4.78, 5) is 10.7. The summed E-state index contributed by atoms with van der Waals surface area (Å²) in [5, 5.41) is 10.0. The molecule has 1 heterocycles. The van der Waals surface area contributed by atoms with Crippen LogP contribution in [0.1, 0.15) is 5.82 Å². The molecule has 1 aromatic rings. The standard InChI is InChI=1S/C7H10N4O/c1-3-7(12)8-4-6-10-9-5-11(6)2/h3,5H,1,4H2,2H3,(H,8,12). The minimum absolute atomic E-state index is 0.210. The largest absolute Gasteiger partial charge is 0.345 e. The summed E-state index contributed by atoms with van der Waals surface area (Å²) in [7, 11) is 1.81. The van der Waals surface area contributed by atoms with Crippen LogP contribution in [0.2, 0.25) is 0 Å². The van der Waals surface area contributed by atoms with Gasteiger partial charge in [0.15, 0.2) is 5.82 Å². The Bertz CT molecular complexity index is 291.